The lowest BCUT2D eigenvalue weighted by Gasteiger charge is -2.19. The summed E-state index contributed by atoms with van der Waals surface area (Å²) < 4.78 is 48.2. The van der Waals surface area contributed by atoms with Gasteiger partial charge in [0.05, 0.1) is 35.5 Å². The molecule has 0 N–H and O–H groups in total. The minimum atomic E-state index is -3.90. The van der Waals surface area contributed by atoms with E-state index in [0.29, 0.717) is 42.7 Å². The number of carbonyl (C=O) groups is 1. The lowest BCUT2D eigenvalue weighted by atomic mass is 10.1. The third-order valence-electron chi connectivity index (χ3n) is 4.97. The second-order valence-electron chi connectivity index (χ2n) is 6.79. The SMILES string of the molecule is COCCCOC(=O)c1cnc2c(OC)cccc2c1S(=O)(=O)C1CCOC1C. The highest BCUT2D eigenvalue weighted by atomic mass is 32.2. The van der Waals surface area contributed by atoms with Gasteiger partial charge in [0.2, 0.25) is 0 Å². The van der Waals surface area contributed by atoms with Gasteiger partial charge in [0, 0.05) is 38.3 Å². The predicted molar refractivity (Wildman–Crippen MR) is 106 cm³/mol. The van der Waals surface area contributed by atoms with Gasteiger partial charge >= 0.3 is 5.97 Å². The molecule has 8 nitrogen and oxygen atoms in total. The summed E-state index contributed by atoms with van der Waals surface area (Å²) in [5, 5.41) is -0.422. The van der Waals surface area contributed by atoms with Crippen LogP contribution < -0.4 is 4.74 Å². The van der Waals surface area contributed by atoms with E-state index in [1.54, 1.807) is 32.2 Å². The Kier molecular flexibility index (Phi) is 6.71. The van der Waals surface area contributed by atoms with E-state index in [4.69, 9.17) is 18.9 Å². The van der Waals surface area contributed by atoms with Crippen LogP contribution in [0, 0.1) is 0 Å². The molecule has 0 radical (unpaired) electrons. The summed E-state index contributed by atoms with van der Waals surface area (Å²) in [7, 11) is -0.861. The highest BCUT2D eigenvalue weighted by Gasteiger charge is 2.40. The van der Waals surface area contributed by atoms with Crippen molar-refractivity contribution in [3.63, 3.8) is 0 Å². The largest absolute Gasteiger partial charge is 0.494 e. The minimum Gasteiger partial charge on any atom is -0.494 e. The van der Waals surface area contributed by atoms with Crippen molar-refractivity contribution < 1.29 is 32.2 Å². The van der Waals surface area contributed by atoms with Gasteiger partial charge in [0.1, 0.15) is 11.3 Å². The molecule has 158 valence electrons. The van der Waals surface area contributed by atoms with Crippen LogP contribution in [0.15, 0.2) is 29.3 Å². The van der Waals surface area contributed by atoms with E-state index in [2.05, 4.69) is 4.98 Å². The number of para-hydroxylation sites is 1. The zero-order valence-corrected chi connectivity index (χ0v) is 17.5. The first-order valence-corrected chi connectivity index (χ1v) is 10.9. The summed E-state index contributed by atoms with van der Waals surface area (Å²) in [6.45, 7) is 2.63. The van der Waals surface area contributed by atoms with Crippen LogP contribution in [0.2, 0.25) is 0 Å². The minimum absolute atomic E-state index is 0.0812. The highest BCUT2D eigenvalue weighted by Crippen LogP contribution is 2.36. The molecule has 2 atom stereocenters. The smallest absolute Gasteiger partial charge is 0.341 e. The number of aromatic nitrogens is 1. The van der Waals surface area contributed by atoms with E-state index >= 15 is 0 Å². The maximum atomic E-state index is 13.6. The van der Waals surface area contributed by atoms with Crippen molar-refractivity contribution in [3.8, 4) is 5.75 Å². The number of methoxy groups -OCH3 is 2. The second-order valence-corrected chi connectivity index (χ2v) is 8.89. The standard InChI is InChI=1S/C20H25NO7S/c1-13-17(8-11-27-13)29(23,24)19-14-6-4-7-16(26-3)18(14)21-12-15(19)20(22)28-10-5-9-25-2/h4,6-7,12-13,17H,5,8-11H2,1-3H3. The molecule has 0 bridgehead atoms. The second kappa shape index (κ2) is 9.06. The monoisotopic (exact) mass is 423 g/mol. The number of nitrogens with zero attached hydrogens (tertiary/aromatic N) is 1. The Labute approximate surface area is 170 Å². The lowest BCUT2D eigenvalue weighted by molar-refractivity contribution is 0.0463. The normalized spacial score (nSPS) is 19.4. The molecule has 1 aliphatic rings. The van der Waals surface area contributed by atoms with Gasteiger partial charge in [-0.2, -0.15) is 0 Å². The van der Waals surface area contributed by atoms with Gasteiger partial charge in [0.15, 0.2) is 9.84 Å². The van der Waals surface area contributed by atoms with Gasteiger partial charge in [-0.3, -0.25) is 4.98 Å². The number of hydrogen-bond donors (Lipinski definition) is 0. The molecule has 2 aromatic rings. The molecule has 0 amide bonds. The number of fused-ring (bicyclic) bond motifs is 1. The zero-order valence-electron chi connectivity index (χ0n) is 16.7. The van der Waals surface area contributed by atoms with Crippen molar-refractivity contribution >= 4 is 26.7 Å². The molecule has 2 unspecified atom stereocenters. The van der Waals surface area contributed by atoms with Crippen molar-refractivity contribution in [2.24, 2.45) is 0 Å². The molecule has 0 aliphatic carbocycles. The highest BCUT2D eigenvalue weighted by molar-refractivity contribution is 7.92. The Balaban J connectivity index is 2.14. The van der Waals surface area contributed by atoms with Crippen LogP contribution in [0.3, 0.4) is 0 Å². The lowest BCUT2D eigenvalue weighted by Crippen LogP contribution is -2.30. The van der Waals surface area contributed by atoms with E-state index in [0.717, 1.165) is 0 Å². The Morgan fingerprint density at radius 2 is 2.07 bits per heavy atom. The summed E-state index contributed by atoms with van der Waals surface area (Å²) in [6.07, 6.45) is 1.64. The van der Waals surface area contributed by atoms with Gasteiger partial charge in [-0.25, -0.2) is 13.2 Å². The fraction of sp³-hybridized carbons (Fsp3) is 0.500. The van der Waals surface area contributed by atoms with Crippen LogP contribution in [-0.4, -0.2) is 64.8 Å². The van der Waals surface area contributed by atoms with Gasteiger partial charge in [-0.1, -0.05) is 12.1 Å². The van der Waals surface area contributed by atoms with Crippen LogP contribution in [0.1, 0.15) is 30.1 Å². The van der Waals surface area contributed by atoms with E-state index in [9.17, 15) is 13.2 Å². The number of hydrogen-bond acceptors (Lipinski definition) is 8. The zero-order chi connectivity index (χ0) is 21.0. The van der Waals surface area contributed by atoms with Gasteiger partial charge < -0.3 is 18.9 Å². The number of carbonyl (C=O) groups excluding carboxylic acids is 1. The molecule has 9 heteroatoms. The molecule has 3 rings (SSSR count). The molecule has 2 heterocycles. The fourth-order valence-electron chi connectivity index (χ4n) is 3.50. The Morgan fingerprint density at radius 1 is 1.28 bits per heavy atom. The van der Waals surface area contributed by atoms with E-state index in [1.807, 2.05) is 0 Å². The summed E-state index contributed by atoms with van der Waals surface area (Å²) in [6, 6.07) is 4.99. The molecular formula is C20H25NO7S. The maximum absolute atomic E-state index is 13.6. The van der Waals surface area contributed by atoms with Gasteiger partial charge in [-0.15, -0.1) is 0 Å². The first kappa shape index (κ1) is 21.5. The van der Waals surface area contributed by atoms with Crippen LogP contribution in [-0.2, 0) is 24.0 Å². The van der Waals surface area contributed by atoms with Crippen LogP contribution in [0.5, 0.6) is 5.75 Å². The molecular weight excluding hydrogens is 398 g/mol. The summed E-state index contributed by atoms with van der Waals surface area (Å²) in [4.78, 5) is 16.9. The topological polar surface area (TPSA) is 101 Å². The fourth-order valence-corrected chi connectivity index (χ4v) is 5.71. The van der Waals surface area contributed by atoms with E-state index < -0.39 is 27.2 Å². The quantitative estimate of drug-likeness (QED) is 0.471. The predicted octanol–water partition coefficient (Wildman–Crippen LogP) is 2.39. The molecule has 1 aliphatic heterocycles. The number of rotatable bonds is 8. The number of benzene rings is 1. The Bertz CT molecular complexity index is 990. The molecule has 1 aromatic heterocycles. The molecule has 1 aromatic carbocycles. The van der Waals surface area contributed by atoms with Crippen LogP contribution in [0.25, 0.3) is 10.9 Å². The third kappa shape index (κ3) is 4.22. The molecule has 1 saturated heterocycles. The van der Waals surface area contributed by atoms with Crippen molar-refractivity contribution in [1.29, 1.82) is 0 Å². The van der Waals surface area contributed by atoms with E-state index in [1.165, 1.54) is 13.3 Å². The third-order valence-corrected chi connectivity index (χ3v) is 7.39. The number of pyridine rings is 1. The first-order chi connectivity index (χ1) is 13.9. The van der Waals surface area contributed by atoms with Gasteiger partial charge in [0.25, 0.3) is 0 Å². The first-order valence-electron chi connectivity index (χ1n) is 9.39. The van der Waals surface area contributed by atoms with Crippen molar-refractivity contribution in [1.82, 2.24) is 4.98 Å². The summed E-state index contributed by atoms with van der Waals surface area (Å²) in [5.74, 6) is -0.307. The van der Waals surface area contributed by atoms with Crippen molar-refractivity contribution in [3.05, 3.63) is 30.0 Å². The maximum Gasteiger partial charge on any atom is 0.341 e. The summed E-state index contributed by atoms with van der Waals surface area (Å²) >= 11 is 0. The summed E-state index contributed by atoms with van der Waals surface area (Å²) in [5.41, 5.74) is 0.290. The Hall–Kier alpha value is -2.23. The molecule has 29 heavy (non-hydrogen) atoms. The van der Waals surface area contributed by atoms with Crippen LogP contribution >= 0.6 is 0 Å². The molecule has 0 saturated carbocycles. The van der Waals surface area contributed by atoms with Crippen LogP contribution in [0.4, 0.5) is 0 Å². The molecule has 1 fully saturated rings. The Morgan fingerprint density at radius 3 is 2.72 bits per heavy atom. The number of esters is 1. The van der Waals surface area contributed by atoms with Crippen molar-refractivity contribution in [2.45, 2.75) is 36.0 Å². The average Bonchev–Trinajstić information content (AvgIpc) is 3.16. The molecule has 0 spiro atoms. The van der Waals surface area contributed by atoms with E-state index in [-0.39, 0.29) is 17.1 Å². The number of sulfone groups is 1. The number of ether oxygens (including phenoxy) is 4. The van der Waals surface area contributed by atoms with Crippen molar-refractivity contribution in [2.75, 3.05) is 34.0 Å². The average molecular weight is 423 g/mol. The van der Waals surface area contributed by atoms with Gasteiger partial charge in [-0.05, 0) is 19.4 Å².